The van der Waals surface area contributed by atoms with Gasteiger partial charge in [0.1, 0.15) is 6.33 Å². The van der Waals surface area contributed by atoms with Crippen molar-refractivity contribution in [3.05, 3.63) is 72.6 Å². The molecule has 2 aliphatic rings. The number of fused-ring (bicyclic) bond motifs is 2. The average Bonchev–Trinajstić information content (AvgIpc) is 3.25. The second-order valence-corrected chi connectivity index (χ2v) is 8.08. The maximum Gasteiger partial charge on any atom is 0.234 e. The van der Waals surface area contributed by atoms with Gasteiger partial charge in [-0.15, -0.1) is 0 Å². The zero-order chi connectivity index (χ0) is 19.0. The Bertz CT molecular complexity index is 896. The van der Waals surface area contributed by atoms with Gasteiger partial charge in [-0.1, -0.05) is 36.8 Å². The first-order valence-corrected chi connectivity index (χ1v) is 10.0. The molecule has 2 atom stereocenters. The first-order chi connectivity index (χ1) is 13.7. The third-order valence-electron chi connectivity index (χ3n) is 6.28. The molecule has 2 unspecified atom stereocenters. The fourth-order valence-corrected chi connectivity index (χ4v) is 4.88. The van der Waals surface area contributed by atoms with Crippen molar-refractivity contribution >= 4 is 0 Å². The van der Waals surface area contributed by atoms with Crippen LogP contribution in [0.15, 0.2) is 61.4 Å². The molecule has 4 heterocycles. The minimum atomic E-state index is -0.851. The minimum absolute atomic E-state index is 0.394. The fourth-order valence-electron chi connectivity index (χ4n) is 4.88. The molecule has 0 aliphatic carbocycles. The van der Waals surface area contributed by atoms with Crippen LogP contribution in [0.25, 0.3) is 5.95 Å². The van der Waals surface area contributed by atoms with Crippen molar-refractivity contribution in [2.24, 2.45) is 0 Å². The molecule has 1 aromatic carbocycles. The van der Waals surface area contributed by atoms with Crippen molar-refractivity contribution in [3.8, 4) is 5.95 Å². The lowest BCUT2D eigenvalue weighted by Crippen LogP contribution is -2.56. The second-order valence-electron chi connectivity index (χ2n) is 8.08. The van der Waals surface area contributed by atoms with Crippen LogP contribution in [0.3, 0.4) is 0 Å². The summed E-state index contributed by atoms with van der Waals surface area (Å²) in [6, 6.07) is 11.4. The highest BCUT2D eigenvalue weighted by atomic mass is 16.3. The molecule has 144 valence electrons. The Hall–Kier alpha value is -2.57. The average molecular weight is 375 g/mol. The Morgan fingerprint density at radius 2 is 1.75 bits per heavy atom. The number of hydrogen-bond acceptors (Lipinski definition) is 5. The Kier molecular flexibility index (Phi) is 4.45. The maximum absolute atomic E-state index is 11.5. The van der Waals surface area contributed by atoms with Gasteiger partial charge in [-0.05, 0) is 31.2 Å². The van der Waals surface area contributed by atoms with E-state index >= 15 is 0 Å². The number of rotatable bonds is 4. The standard InChI is InChI=1S/C22H25N5O/c28-22(18-13-24-21(25-14-18)26-10-9-23-16-26)11-19-7-4-8-20(12-22)27(19)15-17-5-2-1-3-6-17/h1-3,5-6,9-10,13-14,16,19-20,28H,4,7-8,11-12,15H2. The molecule has 0 saturated carbocycles. The van der Waals surface area contributed by atoms with Gasteiger partial charge in [0.15, 0.2) is 0 Å². The first-order valence-electron chi connectivity index (χ1n) is 10.0. The molecule has 1 N–H and O–H groups in total. The third kappa shape index (κ3) is 3.23. The van der Waals surface area contributed by atoms with E-state index in [0.717, 1.165) is 37.8 Å². The molecular weight excluding hydrogens is 350 g/mol. The van der Waals surface area contributed by atoms with Crippen LogP contribution in [0.2, 0.25) is 0 Å². The highest BCUT2D eigenvalue weighted by molar-refractivity contribution is 5.23. The van der Waals surface area contributed by atoms with Gasteiger partial charge in [0, 0.05) is 49.0 Å². The summed E-state index contributed by atoms with van der Waals surface area (Å²) < 4.78 is 1.77. The molecular formula is C22H25N5O. The number of aromatic nitrogens is 4. The van der Waals surface area contributed by atoms with Gasteiger partial charge in [0.05, 0.1) is 5.60 Å². The third-order valence-corrected chi connectivity index (χ3v) is 6.28. The van der Waals surface area contributed by atoms with E-state index in [1.54, 1.807) is 29.5 Å². The molecule has 6 heteroatoms. The Balaban J connectivity index is 1.37. The van der Waals surface area contributed by atoms with Crippen LogP contribution in [-0.2, 0) is 12.1 Å². The van der Waals surface area contributed by atoms with Crippen molar-refractivity contribution in [1.29, 1.82) is 0 Å². The summed E-state index contributed by atoms with van der Waals surface area (Å²) >= 11 is 0. The quantitative estimate of drug-likeness (QED) is 0.759. The topological polar surface area (TPSA) is 67.1 Å². The van der Waals surface area contributed by atoms with Gasteiger partial charge in [-0.25, -0.2) is 15.0 Å². The maximum atomic E-state index is 11.5. The van der Waals surface area contributed by atoms with E-state index in [4.69, 9.17) is 0 Å². The summed E-state index contributed by atoms with van der Waals surface area (Å²) in [4.78, 5) is 15.6. The van der Waals surface area contributed by atoms with Crippen molar-refractivity contribution in [3.63, 3.8) is 0 Å². The van der Waals surface area contributed by atoms with Gasteiger partial charge in [0.25, 0.3) is 0 Å². The summed E-state index contributed by atoms with van der Waals surface area (Å²) in [6.45, 7) is 0.961. The van der Waals surface area contributed by atoms with Crippen LogP contribution in [0.4, 0.5) is 0 Å². The van der Waals surface area contributed by atoms with Gasteiger partial charge in [0.2, 0.25) is 5.95 Å². The summed E-state index contributed by atoms with van der Waals surface area (Å²) in [6.07, 6.45) is 13.8. The van der Waals surface area contributed by atoms with Crippen LogP contribution in [0.1, 0.15) is 43.2 Å². The first kappa shape index (κ1) is 17.5. The molecule has 0 spiro atoms. The van der Waals surface area contributed by atoms with Crippen LogP contribution in [-0.4, -0.2) is 41.6 Å². The molecule has 2 fully saturated rings. The van der Waals surface area contributed by atoms with E-state index in [1.165, 1.54) is 12.0 Å². The second kappa shape index (κ2) is 7.11. The monoisotopic (exact) mass is 375 g/mol. The normalized spacial score (nSPS) is 27.6. The highest BCUT2D eigenvalue weighted by Gasteiger charge is 2.46. The summed E-state index contributed by atoms with van der Waals surface area (Å²) in [5, 5.41) is 11.5. The van der Waals surface area contributed by atoms with E-state index in [2.05, 4.69) is 50.2 Å². The predicted molar refractivity (Wildman–Crippen MR) is 106 cm³/mol. The molecule has 2 aromatic heterocycles. The highest BCUT2D eigenvalue weighted by Crippen LogP contribution is 2.44. The lowest BCUT2D eigenvalue weighted by molar-refractivity contribution is -0.100. The summed E-state index contributed by atoms with van der Waals surface area (Å²) in [7, 11) is 0. The molecule has 0 radical (unpaired) electrons. The molecule has 3 aromatic rings. The van der Waals surface area contributed by atoms with Gasteiger partial charge in [-0.2, -0.15) is 0 Å². The number of nitrogens with zero attached hydrogens (tertiary/aromatic N) is 5. The van der Waals surface area contributed by atoms with Gasteiger partial charge < -0.3 is 5.11 Å². The van der Waals surface area contributed by atoms with Crippen LogP contribution in [0, 0.1) is 0 Å². The van der Waals surface area contributed by atoms with Crippen LogP contribution < -0.4 is 0 Å². The Morgan fingerprint density at radius 3 is 2.39 bits per heavy atom. The zero-order valence-corrected chi connectivity index (χ0v) is 15.9. The summed E-state index contributed by atoms with van der Waals surface area (Å²) in [5.74, 6) is 0.576. The lowest BCUT2D eigenvalue weighted by atomic mass is 9.73. The van der Waals surface area contributed by atoms with Crippen molar-refractivity contribution in [1.82, 2.24) is 24.4 Å². The van der Waals surface area contributed by atoms with Crippen LogP contribution >= 0.6 is 0 Å². The minimum Gasteiger partial charge on any atom is -0.385 e. The molecule has 2 bridgehead atoms. The molecule has 0 amide bonds. The molecule has 5 rings (SSSR count). The summed E-state index contributed by atoms with van der Waals surface area (Å²) in [5.41, 5.74) is 1.32. The lowest BCUT2D eigenvalue weighted by Gasteiger charge is -2.52. The molecule has 2 saturated heterocycles. The van der Waals surface area contributed by atoms with Crippen LogP contribution in [0.5, 0.6) is 0 Å². The van der Waals surface area contributed by atoms with E-state index < -0.39 is 5.60 Å². The molecule has 2 aliphatic heterocycles. The number of imidazole rings is 1. The predicted octanol–water partition coefficient (Wildman–Crippen LogP) is 3.07. The van der Waals surface area contributed by atoms with E-state index in [1.807, 2.05) is 6.20 Å². The SMILES string of the molecule is OC1(c2cnc(-n3ccnc3)nc2)CC2CCCC(C1)N2Cc1ccccc1. The zero-order valence-electron chi connectivity index (χ0n) is 15.9. The Labute approximate surface area is 164 Å². The number of piperidine rings is 2. The molecule has 28 heavy (non-hydrogen) atoms. The fraction of sp³-hybridized carbons (Fsp3) is 0.409. The van der Waals surface area contributed by atoms with E-state index in [0.29, 0.717) is 18.0 Å². The smallest absolute Gasteiger partial charge is 0.234 e. The van der Waals surface area contributed by atoms with E-state index in [9.17, 15) is 5.11 Å². The van der Waals surface area contributed by atoms with Gasteiger partial charge >= 0.3 is 0 Å². The number of benzene rings is 1. The molecule has 6 nitrogen and oxygen atoms in total. The van der Waals surface area contributed by atoms with E-state index in [-0.39, 0.29) is 0 Å². The number of hydrogen-bond donors (Lipinski definition) is 1. The largest absolute Gasteiger partial charge is 0.385 e. The van der Waals surface area contributed by atoms with Gasteiger partial charge in [-0.3, -0.25) is 9.47 Å². The van der Waals surface area contributed by atoms with Crippen molar-refractivity contribution < 1.29 is 5.11 Å². The van der Waals surface area contributed by atoms with Crippen molar-refractivity contribution in [2.45, 2.75) is 56.3 Å². The number of aliphatic hydroxyl groups is 1. The van der Waals surface area contributed by atoms with Crippen molar-refractivity contribution in [2.75, 3.05) is 0 Å². The Morgan fingerprint density at radius 1 is 1.04 bits per heavy atom.